The first-order chi connectivity index (χ1) is 12.1. The van der Waals surface area contributed by atoms with Crippen molar-refractivity contribution in [1.82, 2.24) is 9.80 Å². The van der Waals surface area contributed by atoms with Gasteiger partial charge in [0.05, 0.1) is 0 Å². The molecule has 2 aliphatic rings. The van der Waals surface area contributed by atoms with Crippen LogP contribution in [0.2, 0.25) is 0 Å². The maximum Gasteiger partial charge on any atom is 0.217 e. The molecule has 0 bridgehead atoms. The molecule has 0 aromatic heterocycles. The summed E-state index contributed by atoms with van der Waals surface area (Å²) in [6, 6.07) is 11.1. The number of likely N-dealkylation sites (tertiary alicyclic amines) is 2. The molecule has 0 saturated carbocycles. The second kappa shape index (κ2) is 8.33. The summed E-state index contributed by atoms with van der Waals surface area (Å²) < 4.78 is 0. The van der Waals surface area contributed by atoms with Gasteiger partial charge in [0.2, 0.25) is 5.91 Å². The Labute approximate surface area is 152 Å². The van der Waals surface area contributed by atoms with Gasteiger partial charge in [-0.1, -0.05) is 37.3 Å². The van der Waals surface area contributed by atoms with E-state index in [9.17, 15) is 4.79 Å². The monoisotopic (exact) mass is 343 g/mol. The van der Waals surface area contributed by atoms with E-state index in [1.54, 1.807) is 0 Å². The average Bonchev–Trinajstić information content (AvgIpc) is 2.63. The van der Waals surface area contributed by atoms with E-state index in [0.29, 0.717) is 17.8 Å². The van der Waals surface area contributed by atoms with Crippen molar-refractivity contribution >= 4 is 5.91 Å². The smallest absolute Gasteiger partial charge is 0.217 e. The lowest BCUT2D eigenvalue weighted by atomic mass is 9.68. The van der Waals surface area contributed by atoms with E-state index in [-0.39, 0.29) is 5.91 Å². The zero-order chi connectivity index (χ0) is 17.7. The number of benzene rings is 1. The van der Waals surface area contributed by atoms with Gasteiger partial charge in [-0.3, -0.25) is 4.79 Å². The van der Waals surface area contributed by atoms with E-state index in [1.165, 1.54) is 37.9 Å². The summed E-state index contributed by atoms with van der Waals surface area (Å²) in [6.07, 6.45) is 5.30. The maximum absolute atomic E-state index is 10.9. The van der Waals surface area contributed by atoms with Crippen molar-refractivity contribution in [1.29, 1.82) is 0 Å². The first-order valence-electron chi connectivity index (χ1n) is 9.88. The van der Waals surface area contributed by atoms with Crippen molar-refractivity contribution < 1.29 is 4.79 Å². The van der Waals surface area contributed by atoms with Gasteiger partial charge in [0.25, 0.3) is 0 Å². The van der Waals surface area contributed by atoms with Crippen LogP contribution in [0, 0.1) is 5.41 Å². The quantitative estimate of drug-likeness (QED) is 0.864. The maximum atomic E-state index is 10.9. The number of hydrogen-bond donors (Lipinski definition) is 1. The molecular formula is C21H33N3O. The zero-order valence-corrected chi connectivity index (χ0v) is 15.6. The highest BCUT2D eigenvalue weighted by atomic mass is 16.1. The van der Waals surface area contributed by atoms with Crippen LogP contribution in [-0.4, -0.2) is 55.0 Å². The number of likely N-dealkylation sites (N-methyl/N-ethyl adjacent to an activating group) is 1. The second-order valence-corrected chi connectivity index (χ2v) is 8.05. The van der Waals surface area contributed by atoms with Crippen molar-refractivity contribution in [2.24, 2.45) is 11.1 Å². The molecule has 138 valence electrons. The summed E-state index contributed by atoms with van der Waals surface area (Å²) in [5.41, 5.74) is 7.23. The molecule has 2 fully saturated rings. The van der Waals surface area contributed by atoms with Crippen molar-refractivity contribution in [3.05, 3.63) is 35.9 Å². The number of hydrogen-bond acceptors (Lipinski definition) is 3. The van der Waals surface area contributed by atoms with Gasteiger partial charge in [0.15, 0.2) is 0 Å². The second-order valence-electron chi connectivity index (χ2n) is 8.05. The van der Waals surface area contributed by atoms with Crippen LogP contribution in [0.4, 0.5) is 0 Å². The van der Waals surface area contributed by atoms with Crippen molar-refractivity contribution in [2.45, 2.75) is 44.9 Å². The first kappa shape index (κ1) is 18.4. The predicted octanol–water partition coefficient (Wildman–Crippen LogP) is 2.84. The number of primary amides is 1. The molecule has 4 nitrogen and oxygen atoms in total. The standard InChI is InChI=1S/C21H33N3O/c1-2-23-16-19(18-7-4-3-5-8-18)15-21(17-23)10-13-24(14-11-21)12-6-9-20(22)25/h3-5,7-8,19H,2,6,9-17H2,1H3,(H2,22,25). The Morgan fingerprint density at radius 3 is 2.56 bits per heavy atom. The molecule has 3 rings (SSSR count). The molecule has 0 aliphatic carbocycles. The largest absolute Gasteiger partial charge is 0.370 e. The molecule has 1 amide bonds. The molecule has 2 aliphatic heterocycles. The van der Waals surface area contributed by atoms with Gasteiger partial charge in [-0.25, -0.2) is 0 Å². The molecule has 2 N–H and O–H groups in total. The fourth-order valence-electron chi connectivity index (χ4n) is 4.78. The summed E-state index contributed by atoms with van der Waals surface area (Å²) in [4.78, 5) is 16.1. The Morgan fingerprint density at radius 1 is 1.20 bits per heavy atom. The van der Waals surface area contributed by atoms with Gasteiger partial charge in [0, 0.05) is 19.5 Å². The minimum Gasteiger partial charge on any atom is -0.370 e. The molecule has 1 aromatic carbocycles. The fourth-order valence-corrected chi connectivity index (χ4v) is 4.78. The molecule has 1 spiro atoms. The molecule has 4 heteroatoms. The summed E-state index contributed by atoms with van der Waals surface area (Å²) in [5, 5.41) is 0. The van der Waals surface area contributed by atoms with Crippen LogP contribution in [0.3, 0.4) is 0 Å². The number of amides is 1. The van der Waals surface area contributed by atoms with Gasteiger partial charge in [-0.15, -0.1) is 0 Å². The lowest BCUT2D eigenvalue weighted by Gasteiger charge is -2.50. The average molecular weight is 344 g/mol. The first-order valence-corrected chi connectivity index (χ1v) is 9.88. The van der Waals surface area contributed by atoms with Crippen LogP contribution in [0.5, 0.6) is 0 Å². The predicted molar refractivity (Wildman–Crippen MR) is 102 cm³/mol. The van der Waals surface area contributed by atoms with Crippen LogP contribution in [-0.2, 0) is 4.79 Å². The van der Waals surface area contributed by atoms with Gasteiger partial charge in [-0.05, 0) is 68.8 Å². The van der Waals surface area contributed by atoms with Crippen LogP contribution in [0.15, 0.2) is 30.3 Å². The highest BCUT2D eigenvalue weighted by Gasteiger charge is 2.41. The Bertz CT molecular complexity index is 552. The van der Waals surface area contributed by atoms with E-state index in [0.717, 1.165) is 32.6 Å². The molecule has 1 aromatic rings. The third-order valence-corrected chi connectivity index (χ3v) is 6.25. The van der Waals surface area contributed by atoms with Crippen molar-refractivity contribution in [3.63, 3.8) is 0 Å². The molecular weight excluding hydrogens is 310 g/mol. The molecule has 25 heavy (non-hydrogen) atoms. The lowest BCUT2D eigenvalue weighted by Crippen LogP contribution is -2.51. The van der Waals surface area contributed by atoms with Gasteiger partial charge < -0.3 is 15.5 Å². The number of nitrogens with two attached hydrogens (primary N) is 1. The Morgan fingerprint density at radius 2 is 1.92 bits per heavy atom. The fraction of sp³-hybridized carbons (Fsp3) is 0.667. The lowest BCUT2D eigenvalue weighted by molar-refractivity contribution is -0.118. The van der Waals surface area contributed by atoms with E-state index < -0.39 is 0 Å². The van der Waals surface area contributed by atoms with Crippen LogP contribution in [0.25, 0.3) is 0 Å². The summed E-state index contributed by atoms with van der Waals surface area (Å²) >= 11 is 0. The van der Waals surface area contributed by atoms with E-state index in [1.807, 2.05) is 0 Å². The number of carbonyl (C=O) groups excluding carboxylic acids is 1. The number of carbonyl (C=O) groups is 1. The normalized spacial score (nSPS) is 24.4. The molecule has 1 unspecified atom stereocenters. The van der Waals surface area contributed by atoms with E-state index in [2.05, 4.69) is 47.1 Å². The third-order valence-electron chi connectivity index (χ3n) is 6.25. The summed E-state index contributed by atoms with van der Waals surface area (Å²) in [7, 11) is 0. The third kappa shape index (κ3) is 4.83. The highest BCUT2D eigenvalue weighted by molar-refractivity contribution is 5.73. The minimum atomic E-state index is -0.176. The molecule has 2 saturated heterocycles. The Balaban J connectivity index is 1.60. The zero-order valence-electron chi connectivity index (χ0n) is 15.6. The van der Waals surface area contributed by atoms with Gasteiger partial charge >= 0.3 is 0 Å². The molecule has 1 atom stereocenters. The Hall–Kier alpha value is -1.39. The van der Waals surface area contributed by atoms with Crippen molar-refractivity contribution in [3.8, 4) is 0 Å². The van der Waals surface area contributed by atoms with E-state index in [4.69, 9.17) is 5.73 Å². The summed E-state index contributed by atoms with van der Waals surface area (Å²) in [5.74, 6) is 0.487. The van der Waals surface area contributed by atoms with E-state index >= 15 is 0 Å². The Kier molecular flexibility index (Phi) is 6.13. The van der Waals surface area contributed by atoms with Gasteiger partial charge in [-0.2, -0.15) is 0 Å². The number of piperidine rings is 2. The van der Waals surface area contributed by atoms with Gasteiger partial charge in [0.1, 0.15) is 0 Å². The molecule has 0 radical (unpaired) electrons. The number of rotatable bonds is 6. The summed E-state index contributed by atoms with van der Waals surface area (Å²) in [6.45, 7) is 9.23. The van der Waals surface area contributed by atoms with Crippen LogP contribution >= 0.6 is 0 Å². The van der Waals surface area contributed by atoms with Crippen LogP contribution in [0.1, 0.15) is 50.5 Å². The topological polar surface area (TPSA) is 49.6 Å². The highest BCUT2D eigenvalue weighted by Crippen LogP contribution is 2.44. The van der Waals surface area contributed by atoms with Crippen molar-refractivity contribution in [2.75, 3.05) is 39.3 Å². The molecule has 2 heterocycles. The van der Waals surface area contributed by atoms with Crippen LogP contribution < -0.4 is 5.73 Å². The number of nitrogens with zero attached hydrogens (tertiary/aromatic N) is 2. The minimum absolute atomic E-state index is 0.176. The SMILES string of the molecule is CCN1CC(c2ccccc2)CC2(CCN(CCCC(N)=O)CC2)C1.